The van der Waals surface area contributed by atoms with E-state index in [1.165, 1.54) is 17.3 Å². The number of carbonyl (C=O) groups is 1. The largest absolute Gasteiger partial charge is 0.455 e. The van der Waals surface area contributed by atoms with E-state index in [0.29, 0.717) is 49.2 Å². The molecule has 2 aliphatic carbocycles. The topological polar surface area (TPSA) is 193 Å². The number of sulfonamides is 1. The van der Waals surface area contributed by atoms with E-state index in [-0.39, 0.29) is 40.8 Å². The number of ether oxygens (including phenoxy) is 2. The van der Waals surface area contributed by atoms with Gasteiger partial charge >= 0.3 is 0 Å². The third-order valence-electron chi connectivity index (χ3n) is 14.6. The lowest BCUT2D eigenvalue weighted by molar-refractivity contribution is -0.386. The lowest BCUT2D eigenvalue weighted by Gasteiger charge is -2.57. The fraction of sp³-hybridized carbons (Fsp3) is 0.490. The Hall–Kier alpha value is -5.42. The number of aliphatic hydroxyl groups is 1. The quantitative estimate of drug-likeness (QED) is 0.0754. The fourth-order valence-electron chi connectivity index (χ4n) is 10.7. The number of aryl methyl sites for hydroxylation is 1. The molecule has 5 aromatic rings. The lowest BCUT2D eigenvalue weighted by atomic mass is 9.59. The number of nitro groups is 1. The molecular weight excluding hydrogens is 847 g/mol. The van der Waals surface area contributed by atoms with Crippen LogP contribution in [0.3, 0.4) is 0 Å². The number of nitrogens with zero attached hydrogens (tertiary/aromatic N) is 5. The van der Waals surface area contributed by atoms with Gasteiger partial charge in [-0.3, -0.25) is 24.8 Å². The molecule has 9 rings (SSSR count). The molecule has 1 spiro atoms. The van der Waals surface area contributed by atoms with Crippen LogP contribution in [-0.4, -0.2) is 88.7 Å². The number of hydrogen-bond donors (Lipinski definition) is 3. The zero-order valence-corrected chi connectivity index (χ0v) is 38.2. The van der Waals surface area contributed by atoms with Gasteiger partial charge in [-0.1, -0.05) is 38.1 Å². The SMILES string of the molecule is CC(C)c1ccccc1[C@@H]1COCCN1C1CC2(CCN(c3ccc(C(=O)NS(=O)(=O)c4cnc(CC[C@H]5CC[C@](C)(O)CC5)c([N+](=O)[O-])c4)c(Oc4cnc5[nH]ccc5c4)c3)CC2)C1. The highest BCUT2D eigenvalue weighted by atomic mass is 32.2. The van der Waals surface area contributed by atoms with Crippen LogP contribution in [0.25, 0.3) is 11.0 Å². The van der Waals surface area contributed by atoms with Crippen molar-refractivity contribution >= 4 is 38.3 Å². The number of H-pyrrole nitrogens is 1. The van der Waals surface area contributed by atoms with E-state index >= 15 is 0 Å². The second-order valence-corrected chi connectivity index (χ2v) is 21.0. The molecule has 2 aromatic carbocycles. The van der Waals surface area contributed by atoms with Crippen LogP contribution in [0.1, 0.15) is 118 Å². The number of rotatable bonds is 13. The monoisotopic (exact) mass is 905 g/mol. The molecule has 2 saturated carbocycles. The summed E-state index contributed by atoms with van der Waals surface area (Å²) in [4.78, 5) is 41.7. The zero-order chi connectivity index (χ0) is 45.5. The number of piperidine rings is 1. The highest BCUT2D eigenvalue weighted by Gasteiger charge is 2.50. The highest BCUT2D eigenvalue weighted by Crippen LogP contribution is 2.53. The predicted octanol–water partition coefficient (Wildman–Crippen LogP) is 8.60. The van der Waals surface area contributed by atoms with Gasteiger partial charge in [0.15, 0.2) is 0 Å². The maximum Gasteiger partial charge on any atom is 0.292 e. The number of carbonyl (C=O) groups excluding carboxylic acids is 1. The molecule has 65 heavy (non-hydrogen) atoms. The maximum atomic E-state index is 14.0. The molecule has 344 valence electrons. The number of benzene rings is 2. The van der Waals surface area contributed by atoms with Crippen LogP contribution in [0.2, 0.25) is 0 Å². The molecule has 2 saturated heterocycles. The van der Waals surface area contributed by atoms with Crippen LogP contribution in [0, 0.1) is 21.4 Å². The molecule has 4 aliphatic rings. The van der Waals surface area contributed by atoms with Gasteiger partial charge in [-0.2, -0.15) is 0 Å². The summed E-state index contributed by atoms with van der Waals surface area (Å²) in [6, 6.07) is 19.3. The van der Waals surface area contributed by atoms with Gasteiger partial charge in [0.05, 0.1) is 41.5 Å². The molecule has 16 heteroatoms. The Labute approximate surface area is 380 Å². The van der Waals surface area contributed by atoms with Gasteiger partial charge in [-0.15, -0.1) is 0 Å². The summed E-state index contributed by atoms with van der Waals surface area (Å²) in [7, 11) is -4.61. The fourth-order valence-corrected chi connectivity index (χ4v) is 11.6. The molecule has 1 amide bonds. The van der Waals surface area contributed by atoms with Gasteiger partial charge in [0.1, 0.15) is 27.7 Å². The molecule has 0 radical (unpaired) electrons. The standard InChI is InChI=1S/C49H59N7O8S/c1-32(2)39-6-4-5-7-40(39)44-31-63-23-22-55(44)36-27-49(28-36)17-20-54(21-18-49)35-9-10-41(45(25-35)64-37-24-34-14-19-50-46(34)52-29-37)47(57)53-65(61,62)38-26-43(56(59)60)42(51-30-38)11-8-33-12-15-48(3,58)16-13-33/h4-7,9-10,14,19,24-26,29-30,32-33,36,44,58H,8,11-13,15-18,20-23,27-28,31H2,1-3H3,(H,50,52)(H,53,57)/t33-,44-,48-/m0/s1. The summed E-state index contributed by atoms with van der Waals surface area (Å²) in [5, 5.41) is 23.3. The lowest BCUT2D eigenvalue weighted by Crippen LogP contribution is -2.58. The summed E-state index contributed by atoms with van der Waals surface area (Å²) in [5.74, 6) is 0.245. The van der Waals surface area contributed by atoms with E-state index in [1.54, 1.807) is 24.4 Å². The molecule has 3 N–H and O–H groups in total. The number of aromatic amines is 1. The summed E-state index contributed by atoms with van der Waals surface area (Å²) in [5.41, 5.74) is 3.54. The Morgan fingerprint density at radius 1 is 1.03 bits per heavy atom. The van der Waals surface area contributed by atoms with Gasteiger partial charge in [-0.05, 0) is 124 Å². The summed E-state index contributed by atoms with van der Waals surface area (Å²) in [6.45, 7) is 10.3. The van der Waals surface area contributed by atoms with E-state index in [4.69, 9.17) is 9.47 Å². The van der Waals surface area contributed by atoms with Gasteiger partial charge < -0.3 is 24.5 Å². The van der Waals surface area contributed by atoms with Crippen molar-refractivity contribution in [2.45, 2.75) is 113 Å². The van der Waals surface area contributed by atoms with Gasteiger partial charge in [-0.25, -0.2) is 18.1 Å². The molecule has 0 unspecified atom stereocenters. The number of amides is 1. The van der Waals surface area contributed by atoms with E-state index < -0.39 is 37.0 Å². The average molecular weight is 906 g/mol. The van der Waals surface area contributed by atoms with E-state index in [2.05, 4.69) is 67.6 Å². The Morgan fingerprint density at radius 3 is 2.55 bits per heavy atom. The van der Waals surface area contributed by atoms with Crippen LogP contribution in [-0.2, 0) is 21.2 Å². The predicted molar refractivity (Wildman–Crippen MR) is 247 cm³/mol. The first kappa shape index (κ1) is 44.8. The number of pyridine rings is 2. The minimum absolute atomic E-state index is 0.0357. The Kier molecular flexibility index (Phi) is 12.5. The smallest absolute Gasteiger partial charge is 0.292 e. The number of morpholine rings is 1. The molecular formula is C49H59N7O8S. The number of fused-ring (bicyclic) bond motifs is 1. The first-order valence-corrected chi connectivity index (χ1v) is 24.5. The van der Waals surface area contributed by atoms with Crippen molar-refractivity contribution in [3.8, 4) is 11.5 Å². The van der Waals surface area contributed by atoms with Crippen molar-refractivity contribution in [2.24, 2.45) is 11.3 Å². The van der Waals surface area contributed by atoms with Crippen molar-refractivity contribution in [3.63, 3.8) is 0 Å². The molecule has 4 fully saturated rings. The summed E-state index contributed by atoms with van der Waals surface area (Å²) >= 11 is 0. The Bertz CT molecular complexity index is 2660. The van der Waals surface area contributed by atoms with Crippen LogP contribution in [0.4, 0.5) is 11.4 Å². The van der Waals surface area contributed by atoms with Gasteiger partial charge in [0, 0.05) is 61.3 Å². The Morgan fingerprint density at radius 2 is 1.80 bits per heavy atom. The number of hydrogen-bond acceptors (Lipinski definition) is 12. The minimum atomic E-state index is -4.61. The first-order chi connectivity index (χ1) is 31.2. The van der Waals surface area contributed by atoms with Crippen LogP contribution in [0.15, 0.2) is 84.1 Å². The normalized spacial score (nSPS) is 22.8. The van der Waals surface area contributed by atoms with Crippen molar-refractivity contribution in [1.82, 2.24) is 24.6 Å². The zero-order valence-electron chi connectivity index (χ0n) is 37.4. The molecule has 1 atom stereocenters. The molecule has 5 heterocycles. The first-order valence-electron chi connectivity index (χ1n) is 23.0. The van der Waals surface area contributed by atoms with Crippen LogP contribution in [0.5, 0.6) is 11.5 Å². The maximum absolute atomic E-state index is 14.0. The van der Waals surface area contributed by atoms with E-state index in [9.17, 15) is 28.4 Å². The minimum Gasteiger partial charge on any atom is -0.455 e. The number of anilines is 1. The second-order valence-electron chi connectivity index (χ2n) is 19.3. The summed E-state index contributed by atoms with van der Waals surface area (Å²) < 4.78 is 42.0. The van der Waals surface area contributed by atoms with E-state index in [0.717, 1.165) is 88.1 Å². The van der Waals surface area contributed by atoms with Crippen LogP contribution >= 0.6 is 0 Å². The molecule has 15 nitrogen and oxygen atoms in total. The third kappa shape index (κ3) is 9.63. The highest BCUT2D eigenvalue weighted by molar-refractivity contribution is 7.90. The Balaban J connectivity index is 0.898. The second kappa shape index (κ2) is 18.1. The molecule has 3 aromatic heterocycles. The average Bonchev–Trinajstić information content (AvgIpc) is 3.76. The van der Waals surface area contributed by atoms with Crippen molar-refractivity contribution < 1.29 is 32.7 Å². The van der Waals surface area contributed by atoms with Crippen molar-refractivity contribution in [3.05, 3.63) is 112 Å². The van der Waals surface area contributed by atoms with Crippen LogP contribution < -0.4 is 14.4 Å². The number of aromatic nitrogens is 3. The van der Waals surface area contributed by atoms with Crippen molar-refractivity contribution in [2.75, 3.05) is 37.7 Å². The molecule has 2 aliphatic heterocycles. The van der Waals surface area contributed by atoms with Gasteiger partial charge in [0.25, 0.3) is 21.6 Å². The third-order valence-corrected chi connectivity index (χ3v) is 15.9. The number of nitrogens with one attached hydrogen (secondary N) is 2. The van der Waals surface area contributed by atoms with Crippen molar-refractivity contribution in [1.29, 1.82) is 0 Å². The van der Waals surface area contributed by atoms with E-state index in [1.807, 2.05) is 19.1 Å². The summed E-state index contributed by atoms with van der Waals surface area (Å²) in [6.07, 6.45) is 12.5. The molecule has 0 bridgehead atoms. The van der Waals surface area contributed by atoms with Gasteiger partial charge in [0.2, 0.25) is 0 Å².